The Kier molecular flexibility index (Phi) is 5.27. The van der Waals surface area contributed by atoms with Crippen molar-refractivity contribution in [1.82, 2.24) is 15.0 Å². The summed E-state index contributed by atoms with van der Waals surface area (Å²) >= 11 is 5.83. The Bertz CT molecular complexity index is 611. The third-order valence-electron chi connectivity index (χ3n) is 2.74. The van der Waals surface area contributed by atoms with Gasteiger partial charge in [-0.25, -0.2) is 4.39 Å². The molecule has 0 bridgehead atoms. The van der Waals surface area contributed by atoms with Crippen LogP contribution in [0.1, 0.15) is 31.9 Å². The van der Waals surface area contributed by atoms with E-state index in [2.05, 4.69) is 20.3 Å². The molecule has 0 spiro atoms. The van der Waals surface area contributed by atoms with Crippen LogP contribution >= 0.6 is 11.6 Å². The van der Waals surface area contributed by atoms with Gasteiger partial charge in [-0.05, 0) is 31.0 Å². The molecular formula is C14H16ClFN4O. The molecule has 0 saturated carbocycles. The molecule has 2 aromatic rings. The summed E-state index contributed by atoms with van der Waals surface area (Å²) in [5, 5.41) is 3.02. The average Bonchev–Trinajstić information content (AvgIpc) is 2.45. The van der Waals surface area contributed by atoms with Gasteiger partial charge < -0.3 is 10.1 Å². The van der Waals surface area contributed by atoms with Crippen LogP contribution in [0.5, 0.6) is 6.01 Å². The van der Waals surface area contributed by atoms with Gasteiger partial charge >= 0.3 is 6.01 Å². The van der Waals surface area contributed by atoms with Crippen molar-refractivity contribution in [1.29, 1.82) is 0 Å². The second-order valence-electron chi connectivity index (χ2n) is 4.45. The number of nitrogens with zero attached hydrogens (tertiary/aromatic N) is 3. The fourth-order valence-corrected chi connectivity index (χ4v) is 1.90. The summed E-state index contributed by atoms with van der Waals surface area (Å²) in [6.45, 7) is 4.27. The summed E-state index contributed by atoms with van der Waals surface area (Å²) in [7, 11) is 0. The van der Waals surface area contributed by atoms with Crippen LogP contribution in [0.4, 0.5) is 10.3 Å². The summed E-state index contributed by atoms with van der Waals surface area (Å²) in [6, 6.07) is 6.35. The number of halogens is 2. The molecule has 0 fully saturated rings. The fourth-order valence-electron chi connectivity index (χ4n) is 1.75. The zero-order chi connectivity index (χ0) is 15.2. The van der Waals surface area contributed by atoms with Crippen molar-refractivity contribution in [2.75, 3.05) is 11.9 Å². The lowest BCUT2D eigenvalue weighted by molar-refractivity contribution is 0.291. The van der Waals surface area contributed by atoms with E-state index in [0.29, 0.717) is 12.2 Å². The lowest BCUT2D eigenvalue weighted by Crippen LogP contribution is -2.12. The molecule has 0 aliphatic rings. The monoisotopic (exact) mass is 310 g/mol. The first-order valence-electron chi connectivity index (χ1n) is 6.65. The van der Waals surface area contributed by atoms with Gasteiger partial charge in [0.05, 0.1) is 12.6 Å². The third-order valence-corrected chi connectivity index (χ3v) is 2.91. The minimum atomic E-state index is -0.316. The van der Waals surface area contributed by atoms with Crippen molar-refractivity contribution in [3.63, 3.8) is 0 Å². The molecular weight excluding hydrogens is 295 g/mol. The van der Waals surface area contributed by atoms with Gasteiger partial charge in [0.25, 0.3) is 0 Å². The van der Waals surface area contributed by atoms with E-state index in [-0.39, 0.29) is 29.1 Å². The fraction of sp³-hybridized carbons (Fsp3) is 0.357. The first-order valence-corrected chi connectivity index (χ1v) is 7.03. The number of aromatic nitrogens is 3. The van der Waals surface area contributed by atoms with E-state index in [1.54, 1.807) is 18.2 Å². The van der Waals surface area contributed by atoms with Gasteiger partial charge in [-0.15, -0.1) is 0 Å². The van der Waals surface area contributed by atoms with E-state index >= 15 is 0 Å². The van der Waals surface area contributed by atoms with Gasteiger partial charge in [-0.1, -0.05) is 25.1 Å². The highest BCUT2D eigenvalue weighted by atomic mass is 35.5. The van der Waals surface area contributed by atoms with Gasteiger partial charge in [0.2, 0.25) is 11.2 Å². The van der Waals surface area contributed by atoms with E-state index in [4.69, 9.17) is 16.3 Å². The van der Waals surface area contributed by atoms with E-state index < -0.39 is 0 Å². The molecule has 0 amide bonds. The Morgan fingerprint density at radius 1 is 1.29 bits per heavy atom. The summed E-state index contributed by atoms with van der Waals surface area (Å²) in [6.07, 6.45) is 0.831. The van der Waals surface area contributed by atoms with Gasteiger partial charge in [-0.2, -0.15) is 15.0 Å². The van der Waals surface area contributed by atoms with Crippen molar-refractivity contribution in [3.05, 3.63) is 40.9 Å². The number of ether oxygens (including phenoxy) is 1. The van der Waals surface area contributed by atoms with E-state index in [0.717, 1.165) is 6.42 Å². The Balaban J connectivity index is 2.15. The number of rotatable bonds is 6. The minimum absolute atomic E-state index is 0.0272. The number of hydrogen-bond acceptors (Lipinski definition) is 5. The van der Waals surface area contributed by atoms with Crippen LogP contribution in [0.3, 0.4) is 0 Å². The highest BCUT2D eigenvalue weighted by Crippen LogP contribution is 2.21. The topological polar surface area (TPSA) is 59.9 Å². The SMILES string of the molecule is CCCOc1nc(Cl)nc(NC(C)c2ccccc2F)n1. The predicted octanol–water partition coefficient (Wildman–Crippen LogP) is 3.63. The maximum atomic E-state index is 13.7. The second-order valence-corrected chi connectivity index (χ2v) is 4.78. The van der Waals surface area contributed by atoms with Crippen LogP contribution in [0.2, 0.25) is 5.28 Å². The van der Waals surface area contributed by atoms with Gasteiger partial charge in [0.15, 0.2) is 0 Å². The summed E-state index contributed by atoms with van der Waals surface area (Å²) in [5.41, 5.74) is 0.519. The minimum Gasteiger partial charge on any atom is -0.463 e. The summed E-state index contributed by atoms with van der Waals surface area (Å²) in [4.78, 5) is 11.9. The quantitative estimate of drug-likeness (QED) is 0.883. The number of hydrogen-bond donors (Lipinski definition) is 1. The lowest BCUT2D eigenvalue weighted by Gasteiger charge is -2.15. The molecule has 1 aromatic heterocycles. The van der Waals surface area contributed by atoms with Crippen LogP contribution in [-0.4, -0.2) is 21.6 Å². The molecule has 0 aliphatic heterocycles. The highest BCUT2D eigenvalue weighted by molar-refractivity contribution is 6.28. The third kappa shape index (κ3) is 4.26. The molecule has 0 saturated heterocycles. The zero-order valence-electron chi connectivity index (χ0n) is 11.8. The van der Waals surface area contributed by atoms with Gasteiger partial charge in [0.1, 0.15) is 5.82 Å². The Morgan fingerprint density at radius 2 is 2.05 bits per heavy atom. The number of anilines is 1. The lowest BCUT2D eigenvalue weighted by atomic mass is 10.1. The molecule has 7 heteroatoms. The molecule has 1 unspecified atom stereocenters. The number of nitrogens with one attached hydrogen (secondary N) is 1. The van der Waals surface area contributed by atoms with Crippen molar-refractivity contribution in [2.24, 2.45) is 0 Å². The van der Waals surface area contributed by atoms with E-state index in [1.807, 2.05) is 13.8 Å². The van der Waals surface area contributed by atoms with Gasteiger partial charge in [0, 0.05) is 5.56 Å². The Labute approximate surface area is 127 Å². The van der Waals surface area contributed by atoms with Crippen molar-refractivity contribution < 1.29 is 9.13 Å². The van der Waals surface area contributed by atoms with Crippen LogP contribution in [0.15, 0.2) is 24.3 Å². The highest BCUT2D eigenvalue weighted by Gasteiger charge is 2.13. The van der Waals surface area contributed by atoms with Crippen LogP contribution < -0.4 is 10.1 Å². The molecule has 2 rings (SSSR count). The standard InChI is InChI=1S/C14H16ClFN4O/c1-3-8-21-14-19-12(15)18-13(20-14)17-9(2)10-6-4-5-7-11(10)16/h4-7,9H,3,8H2,1-2H3,(H,17,18,19,20). The Morgan fingerprint density at radius 3 is 2.76 bits per heavy atom. The van der Waals surface area contributed by atoms with E-state index in [9.17, 15) is 4.39 Å². The largest absolute Gasteiger partial charge is 0.463 e. The molecule has 21 heavy (non-hydrogen) atoms. The zero-order valence-corrected chi connectivity index (χ0v) is 12.6. The smallest absolute Gasteiger partial charge is 0.322 e. The Hall–Kier alpha value is -1.95. The first kappa shape index (κ1) is 15.4. The van der Waals surface area contributed by atoms with Crippen LogP contribution in [-0.2, 0) is 0 Å². The normalized spacial score (nSPS) is 12.0. The summed E-state index contributed by atoms with van der Waals surface area (Å²) < 4.78 is 19.1. The van der Waals surface area contributed by atoms with Crippen LogP contribution in [0, 0.1) is 5.82 Å². The average molecular weight is 311 g/mol. The maximum absolute atomic E-state index is 13.7. The van der Waals surface area contributed by atoms with Crippen molar-refractivity contribution >= 4 is 17.5 Å². The molecule has 0 aliphatic carbocycles. The van der Waals surface area contributed by atoms with Gasteiger partial charge in [-0.3, -0.25) is 0 Å². The second kappa shape index (κ2) is 7.17. The van der Waals surface area contributed by atoms with Crippen LogP contribution in [0.25, 0.3) is 0 Å². The molecule has 5 nitrogen and oxygen atoms in total. The maximum Gasteiger partial charge on any atom is 0.322 e. The van der Waals surface area contributed by atoms with E-state index in [1.165, 1.54) is 6.07 Å². The first-order chi connectivity index (χ1) is 10.1. The van der Waals surface area contributed by atoms with Crippen molar-refractivity contribution in [3.8, 4) is 6.01 Å². The molecule has 112 valence electrons. The predicted molar refractivity (Wildman–Crippen MR) is 79.1 cm³/mol. The van der Waals surface area contributed by atoms with Crippen molar-refractivity contribution in [2.45, 2.75) is 26.3 Å². The molecule has 0 radical (unpaired) electrons. The molecule has 1 N–H and O–H groups in total. The number of benzene rings is 1. The molecule has 1 aromatic carbocycles. The summed E-state index contributed by atoms with van der Waals surface area (Å²) in [5.74, 6) is -0.0445. The molecule has 1 heterocycles. The molecule has 1 atom stereocenters.